The first kappa shape index (κ1) is 10.8. The van der Waals surface area contributed by atoms with Crippen LogP contribution in [0.3, 0.4) is 0 Å². The third kappa shape index (κ3) is 2.67. The number of nitrogens with one attached hydrogen (secondary N) is 1. The van der Waals surface area contributed by atoms with Crippen molar-refractivity contribution in [3.63, 3.8) is 0 Å². The van der Waals surface area contributed by atoms with Crippen LogP contribution in [0.2, 0.25) is 0 Å². The second-order valence-electron chi connectivity index (χ2n) is 3.94. The van der Waals surface area contributed by atoms with Gasteiger partial charge in [0.05, 0.1) is 18.6 Å². The first-order chi connectivity index (χ1) is 7.78. The third-order valence-corrected chi connectivity index (χ3v) is 2.34. The smallest absolute Gasteiger partial charge is 0.0953 e. The number of hydrogen-bond donors (Lipinski definition) is 1. The molecule has 84 valence electrons. The number of hydrogen-bond acceptors (Lipinski definition) is 3. The molecular weight excluding hydrogens is 200 g/mol. The number of rotatable bonds is 4. The van der Waals surface area contributed by atoms with Crippen molar-refractivity contribution < 1.29 is 0 Å². The molecule has 0 fully saturated rings. The molecule has 0 unspecified atom stereocenters. The molecule has 0 bridgehead atoms. The van der Waals surface area contributed by atoms with E-state index in [9.17, 15) is 0 Å². The van der Waals surface area contributed by atoms with Gasteiger partial charge in [0.1, 0.15) is 0 Å². The maximum atomic E-state index is 4.30. The van der Waals surface area contributed by atoms with Gasteiger partial charge >= 0.3 is 0 Å². The highest BCUT2D eigenvalue weighted by Gasteiger charge is 1.99. The summed E-state index contributed by atoms with van der Waals surface area (Å²) in [6.07, 6.45) is 7.67. The second kappa shape index (κ2) is 4.90. The molecule has 0 amide bonds. The van der Waals surface area contributed by atoms with Gasteiger partial charge in [-0.15, -0.1) is 0 Å². The average molecular weight is 216 g/mol. The van der Waals surface area contributed by atoms with E-state index in [1.165, 1.54) is 11.1 Å². The van der Waals surface area contributed by atoms with Crippen LogP contribution >= 0.6 is 0 Å². The molecule has 2 rings (SSSR count). The lowest BCUT2D eigenvalue weighted by atomic mass is 10.2. The van der Waals surface area contributed by atoms with Crippen LogP contribution in [0.15, 0.2) is 31.0 Å². The summed E-state index contributed by atoms with van der Waals surface area (Å²) < 4.78 is 2.07. The molecule has 4 heteroatoms. The summed E-state index contributed by atoms with van der Waals surface area (Å²) in [6.45, 7) is 3.68. The van der Waals surface area contributed by atoms with Crippen LogP contribution in [0.25, 0.3) is 0 Å². The van der Waals surface area contributed by atoms with Crippen LogP contribution < -0.4 is 5.32 Å². The van der Waals surface area contributed by atoms with Gasteiger partial charge in [-0.3, -0.25) is 4.98 Å². The van der Waals surface area contributed by atoms with Crippen molar-refractivity contribution in [2.45, 2.75) is 20.0 Å². The fraction of sp³-hybridized carbons (Fsp3) is 0.333. The molecule has 1 N–H and O–H groups in total. The van der Waals surface area contributed by atoms with Crippen LogP contribution in [0.5, 0.6) is 0 Å². The highest BCUT2D eigenvalue weighted by atomic mass is 15.0. The molecule has 0 atom stereocenters. The Hall–Kier alpha value is -1.68. The predicted octanol–water partition coefficient (Wildman–Crippen LogP) is 1.35. The van der Waals surface area contributed by atoms with Gasteiger partial charge < -0.3 is 9.88 Å². The lowest BCUT2D eigenvalue weighted by Gasteiger charge is -2.02. The molecule has 2 aromatic rings. The quantitative estimate of drug-likeness (QED) is 0.839. The second-order valence-corrected chi connectivity index (χ2v) is 3.94. The van der Waals surface area contributed by atoms with Crippen LogP contribution in [-0.2, 0) is 13.1 Å². The molecule has 0 spiro atoms. The first-order valence-corrected chi connectivity index (χ1v) is 5.33. The topological polar surface area (TPSA) is 42.7 Å². The summed E-state index contributed by atoms with van der Waals surface area (Å²) in [7, 11) is 1.92. The average Bonchev–Trinajstić information content (AvgIpc) is 2.66. The molecule has 0 saturated heterocycles. The van der Waals surface area contributed by atoms with Crippen LogP contribution in [-0.4, -0.2) is 21.6 Å². The summed E-state index contributed by atoms with van der Waals surface area (Å²) >= 11 is 0. The molecule has 0 radical (unpaired) electrons. The Kier molecular flexibility index (Phi) is 3.31. The summed E-state index contributed by atoms with van der Waals surface area (Å²) in [5, 5.41) is 3.08. The van der Waals surface area contributed by atoms with E-state index >= 15 is 0 Å². The Morgan fingerprint density at radius 1 is 1.38 bits per heavy atom. The fourth-order valence-corrected chi connectivity index (χ4v) is 1.68. The van der Waals surface area contributed by atoms with Crippen molar-refractivity contribution in [2.75, 3.05) is 7.05 Å². The van der Waals surface area contributed by atoms with E-state index in [4.69, 9.17) is 0 Å². The Morgan fingerprint density at radius 2 is 2.25 bits per heavy atom. The number of aromatic nitrogens is 3. The lowest BCUT2D eigenvalue weighted by Crippen LogP contribution is -2.05. The number of pyridine rings is 1. The number of nitrogens with zero attached hydrogens (tertiary/aromatic N) is 3. The molecule has 16 heavy (non-hydrogen) atoms. The first-order valence-electron chi connectivity index (χ1n) is 5.33. The minimum Gasteiger partial charge on any atom is -0.333 e. The van der Waals surface area contributed by atoms with E-state index in [-0.39, 0.29) is 0 Å². The third-order valence-electron chi connectivity index (χ3n) is 2.34. The van der Waals surface area contributed by atoms with Crippen LogP contribution in [0, 0.1) is 6.92 Å². The molecular formula is C12H16N4. The zero-order chi connectivity index (χ0) is 11.4. The van der Waals surface area contributed by atoms with Crippen LogP contribution in [0.4, 0.5) is 0 Å². The molecule has 2 heterocycles. The minimum atomic E-state index is 0.805. The molecule has 0 aromatic carbocycles. The van der Waals surface area contributed by atoms with E-state index < -0.39 is 0 Å². The summed E-state index contributed by atoms with van der Waals surface area (Å²) in [5.74, 6) is 0. The van der Waals surface area contributed by atoms with Crippen molar-refractivity contribution in [1.29, 1.82) is 0 Å². The molecule has 4 nitrogen and oxygen atoms in total. The molecule has 0 aliphatic rings. The van der Waals surface area contributed by atoms with Crippen molar-refractivity contribution in [3.05, 3.63) is 47.8 Å². The van der Waals surface area contributed by atoms with E-state index in [2.05, 4.69) is 39.0 Å². The Labute approximate surface area is 95.4 Å². The van der Waals surface area contributed by atoms with Crippen molar-refractivity contribution >= 4 is 0 Å². The highest BCUT2D eigenvalue weighted by molar-refractivity contribution is 5.17. The standard InChI is InChI=1S/C12H16N4/c1-10-3-11(5-14-4-10)7-16-8-12(6-13-2)15-9-16/h3-5,8-9,13H,6-7H2,1-2H3. The molecule has 0 aliphatic heterocycles. The predicted molar refractivity (Wildman–Crippen MR) is 63.1 cm³/mol. The maximum absolute atomic E-state index is 4.30. The van der Waals surface area contributed by atoms with Gasteiger partial charge in [-0.1, -0.05) is 6.07 Å². The van der Waals surface area contributed by atoms with Gasteiger partial charge in [0, 0.05) is 25.1 Å². The zero-order valence-corrected chi connectivity index (χ0v) is 9.64. The van der Waals surface area contributed by atoms with Crippen molar-refractivity contribution in [2.24, 2.45) is 0 Å². The summed E-state index contributed by atoms with van der Waals surface area (Å²) in [6, 6.07) is 2.14. The van der Waals surface area contributed by atoms with E-state index in [1.807, 2.05) is 25.8 Å². The minimum absolute atomic E-state index is 0.805. The SMILES string of the molecule is CNCc1cn(Cc2cncc(C)c2)cn1. The lowest BCUT2D eigenvalue weighted by molar-refractivity contribution is 0.779. The largest absolute Gasteiger partial charge is 0.333 e. The molecule has 0 aliphatic carbocycles. The summed E-state index contributed by atoms with van der Waals surface area (Å²) in [4.78, 5) is 8.48. The van der Waals surface area contributed by atoms with Gasteiger partial charge in [-0.2, -0.15) is 0 Å². The van der Waals surface area contributed by atoms with Gasteiger partial charge in [0.25, 0.3) is 0 Å². The Morgan fingerprint density at radius 3 is 3.00 bits per heavy atom. The van der Waals surface area contributed by atoms with Crippen molar-refractivity contribution in [3.8, 4) is 0 Å². The van der Waals surface area contributed by atoms with E-state index in [0.717, 1.165) is 18.8 Å². The van der Waals surface area contributed by atoms with E-state index in [1.54, 1.807) is 0 Å². The zero-order valence-electron chi connectivity index (χ0n) is 9.64. The summed E-state index contributed by atoms with van der Waals surface area (Å²) in [5.41, 5.74) is 3.45. The van der Waals surface area contributed by atoms with Gasteiger partial charge in [0.2, 0.25) is 0 Å². The van der Waals surface area contributed by atoms with Crippen LogP contribution in [0.1, 0.15) is 16.8 Å². The monoisotopic (exact) mass is 216 g/mol. The van der Waals surface area contributed by atoms with Crippen molar-refractivity contribution in [1.82, 2.24) is 19.9 Å². The van der Waals surface area contributed by atoms with E-state index in [0.29, 0.717) is 0 Å². The van der Waals surface area contributed by atoms with Gasteiger partial charge in [-0.05, 0) is 25.1 Å². The van der Waals surface area contributed by atoms with Gasteiger partial charge in [0.15, 0.2) is 0 Å². The molecule has 2 aromatic heterocycles. The maximum Gasteiger partial charge on any atom is 0.0953 e. The number of aryl methyl sites for hydroxylation is 1. The fourth-order valence-electron chi connectivity index (χ4n) is 1.68. The van der Waals surface area contributed by atoms with Gasteiger partial charge in [-0.25, -0.2) is 4.98 Å². The normalized spacial score (nSPS) is 10.6. The number of imidazole rings is 1. The Bertz CT molecular complexity index is 462. The highest BCUT2D eigenvalue weighted by Crippen LogP contribution is 2.05. The molecule has 0 saturated carbocycles. The Balaban J connectivity index is 2.08.